The molecule has 2 aromatic rings. The van der Waals surface area contributed by atoms with E-state index in [4.69, 9.17) is 23.7 Å². The third kappa shape index (κ3) is 9.53. The summed E-state index contributed by atoms with van der Waals surface area (Å²) < 4.78 is 27.5. The topological polar surface area (TPSA) is 104 Å². The van der Waals surface area contributed by atoms with E-state index in [-0.39, 0.29) is 31.6 Å². The Kier molecular flexibility index (Phi) is 13.1. The van der Waals surface area contributed by atoms with Crippen molar-refractivity contribution < 1.29 is 33.3 Å². The van der Waals surface area contributed by atoms with E-state index in [9.17, 15) is 9.59 Å². The van der Waals surface area contributed by atoms with Gasteiger partial charge in [0, 0.05) is 24.0 Å². The van der Waals surface area contributed by atoms with Crippen molar-refractivity contribution in [2.45, 2.75) is 12.0 Å². The summed E-state index contributed by atoms with van der Waals surface area (Å²) in [5.74, 6) is -0.369. The summed E-state index contributed by atoms with van der Waals surface area (Å²) in [4.78, 5) is 24.5. The summed E-state index contributed by atoms with van der Waals surface area (Å²) in [5, 5.41) is 5.87. The molecule has 3 rings (SSSR count). The number of benzene rings is 2. The van der Waals surface area contributed by atoms with Gasteiger partial charge in [-0.2, -0.15) is 0 Å². The number of hydrogen-bond donors (Lipinski definition) is 2. The van der Waals surface area contributed by atoms with Crippen LogP contribution in [0, 0.1) is 0 Å². The molecular weight excluding hydrogens is 591 g/mol. The number of hydrogen-bond acceptors (Lipinski definition) is 8. The Labute approximate surface area is 231 Å². The first kappa shape index (κ1) is 29.3. The summed E-state index contributed by atoms with van der Waals surface area (Å²) in [6.45, 7) is 2.96. The lowest BCUT2D eigenvalue weighted by Crippen LogP contribution is -2.46. The van der Waals surface area contributed by atoms with Crippen molar-refractivity contribution >= 4 is 34.7 Å². The van der Waals surface area contributed by atoms with E-state index in [1.807, 2.05) is 24.3 Å². The molecule has 0 spiro atoms. The minimum Gasteiger partial charge on any atom is -0.464 e. The van der Waals surface area contributed by atoms with Gasteiger partial charge in [-0.3, -0.25) is 4.79 Å². The molecule has 0 aliphatic heterocycles. The van der Waals surface area contributed by atoms with Crippen molar-refractivity contribution in [3.63, 3.8) is 0 Å². The molecular formula is C27H35IN2O7. The van der Waals surface area contributed by atoms with Crippen LogP contribution in [0.15, 0.2) is 48.5 Å². The Hall–Kier alpha value is -2.25. The van der Waals surface area contributed by atoms with Crippen molar-refractivity contribution in [2.24, 2.45) is 0 Å². The van der Waals surface area contributed by atoms with E-state index in [0.717, 1.165) is 15.6 Å². The maximum atomic E-state index is 12.7. The van der Waals surface area contributed by atoms with Crippen LogP contribution in [0.3, 0.4) is 0 Å². The average Bonchev–Trinajstić information content (AvgIpc) is 3.23. The van der Waals surface area contributed by atoms with E-state index in [2.05, 4.69) is 57.5 Å². The summed E-state index contributed by atoms with van der Waals surface area (Å²) >= 11 is 2.14. The molecule has 0 bridgehead atoms. The van der Waals surface area contributed by atoms with E-state index >= 15 is 0 Å². The van der Waals surface area contributed by atoms with Gasteiger partial charge in [-0.25, -0.2) is 4.79 Å². The predicted molar refractivity (Wildman–Crippen MR) is 148 cm³/mol. The second kappa shape index (κ2) is 16.6. The monoisotopic (exact) mass is 626 g/mol. The standard InChI is InChI=1S/C27H35IN2O7/c1-33-12-13-34-14-15-35-18-20(16-29-17-26(31)36-11-10-28)30-27(32)37-19-25-23-8-4-2-6-21(23)22-7-3-5-9-24(22)25/h2-9,20,25,29H,10-19H2,1H3,(H,30,32)/t20-/m1/s1. The average molecular weight is 626 g/mol. The van der Waals surface area contributed by atoms with Crippen LogP contribution < -0.4 is 10.6 Å². The molecule has 0 saturated carbocycles. The first-order valence-electron chi connectivity index (χ1n) is 12.3. The summed E-state index contributed by atoms with van der Waals surface area (Å²) in [6, 6.07) is 16.0. The number of fused-ring (bicyclic) bond motifs is 3. The van der Waals surface area contributed by atoms with Crippen LogP contribution >= 0.6 is 22.6 Å². The number of methoxy groups -OCH3 is 1. The van der Waals surface area contributed by atoms with Gasteiger partial charge in [0.2, 0.25) is 0 Å². The van der Waals surface area contributed by atoms with E-state index in [1.54, 1.807) is 7.11 Å². The molecule has 9 nitrogen and oxygen atoms in total. The molecule has 37 heavy (non-hydrogen) atoms. The zero-order valence-electron chi connectivity index (χ0n) is 21.1. The third-order valence-electron chi connectivity index (χ3n) is 5.79. The second-order valence-electron chi connectivity index (χ2n) is 8.39. The van der Waals surface area contributed by atoms with Crippen LogP contribution in [0.2, 0.25) is 0 Å². The lowest BCUT2D eigenvalue weighted by atomic mass is 9.98. The minimum absolute atomic E-state index is 0.0251. The molecule has 2 aromatic carbocycles. The second-order valence-corrected chi connectivity index (χ2v) is 9.47. The maximum Gasteiger partial charge on any atom is 0.407 e. The van der Waals surface area contributed by atoms with Gasteiger partial charge in [-0.15, -0.1) is 0 Å². The van der Waals surface area contributed by atoms with E-state index in [1.165, 1.54) is 11.1 Å². The highest BCUT2D eigenvalue weighted by molar-refractivity contribution is 14.1. The van der Waals surface area contributed by atoms with Gasteiger partial charge in [0.05, 0.1) is 45.6 Å². The zero-order chi connectivity index (χ0) is 26.3. The Bertz CT molecular complexity index is 945. The Morgan fingerprint density at radius 1 is 0.892 bits per heavy atom. The quantitative estimate of drug-likeness (QED) is 0.120. The van der Waals surface area contributed by atoms with Crippen LogP contribution in [0.4, 0.5) is 4.79 Å². The molecule has 0 aromatic heterocycles. The molecule has 1 aliphatic rings. The van der Waals surface area contributed by atoms with E-state index < -0.39 is 12.1 Å². The minimum atomic E-state index is -0.541. The van der Waals surface area contributed by atoms with Gasteiger partial charge in [-0.1, -0.05) is 71.1 Å². The van der Waals surface area contributed by atoms with Gasteiger partial charge in [0.15, 0.2) is 0 Å². The van der Waals surface area contributed by atoms with E-state index in [0.29, 0.717) is 39.6 Å². The molecule has 2 N–H and O–H groups in total. The molecule has 1 atom stereocenters. The SMILES string of the molecule is COCCOCCOC[C@@H](CNCC(=O)OCCI)NC(=O)OCC1c2ccccc2-c2ccccc21. The molecule has 0 saturated heterocycles. The highest BCUT2D eigenvalue weighted by atomic mass is 127. The van der Waals surface area contributed by atoms with Gasteiger partial charge in [0.1, 0.15) is 13.2 Å². The van der Waals surface area contributed by atoms with Crippen LogP contribution in [0.5, 0.6) is 0 Å². The molecule has 10 heteroatoms. The highest BCUT2D eigenvalue weighted by Crippen LogP contribution is 2.44. The van der Waals surface area contributed by atoms with Crippen molar-refractivity contribution in [2.75, 3.05) is 70.9 Å². The van der Waals surface area contributed by atoms with Gasteiger partial charge in [0.25, 0.3) is 0 Å². The van der Waals surface area contributed by atoms with Gasteiger partial charge < -0.3 is 34.3 Å². The molecule has 1 aliphatic carbocycles. The summed E-state index contributed by atoms with van der Waals surface area (Å²) in [7, 11) is 1.62. The molecule has 1 amide bonds. The largest absolute Gasteiger partial charge is 0.464 e. The molecule has 0 heterocycles. The van der Waals surface area contributed by atoms with Crippen LogP contribution in [-0.4, -0.2) is 89.0 Å². The predicted octanol–water partition coefficient (Wildman–Crippen LogP) is 3.14. The summed E-state index contributed by atoms with van der Waals surface area (Å²) in [6.07, 6.45) is -0.541. The van der Waals surface area contributed by atoms with Crippen molar-refractivity contribution in [1.29, 1.82) is 0 Å². The number of esters is 1. The van der Waals surface area contributed by atoms with Gasteiger partial charge >= 0.3 is 12.1 Å². The van der Waals surface area contributed by atoms with Gasteiger partial charge in [-0.05, 0) is 22.3 Å². The fourth-order valence-electron chi connectivity index (χ4n) is 4.10. The maximum absolute atomic E-state index is 12.7. The Morgan fingerprint density at radius 3 is 2.22 bits per heavy atom. The Balaban J connectivity index is 1.50. The van der Waals surface area contributed by atoms with Crippen LogP contribution in [-0.2, 0) is 28.5 Å². The number of halogens is 1. The number of alkyl carbamates (subject to hydrolysis) is 1. The Morgan fingerprint density at radius 2 is 1.54 bits per heavy atom. The molecule has 202 valence electrons. The number of carbonyl (C=O) groups is 2. The van der Waals surface area contributed by atoms with Crippen molar-refractivity contribution in [1.82, 2.24) is 10.6 Å². The van der Waals surface area contributed by atoms with Crippen molar-refractivity contribution in [3.05, 3.63) is 59.7 Å². The highest BCUT2D eigenvalue weighted by Gasteiger charge is 2.29. The number of rotatable bonds is 17. The molecule has 0 unspecified atom stereocenters. The molecule has 0 fully saturated rings. The number of alkyl halides is 1. The summed E-state index contributed by atoms with van der Waals surface area (Å²) in [5.41, 5.74) is 4.64. The van der Waals surface area contributed by atoms with Crippen LogP contribution in [0.25, 0.3) is 11.1 Å². The lowest BCUT2D eigenvalue weighted by molar-refractivity contribution is -0.141. The smallest absolute Gasteiger partial charge is 0.407 e. The zero-order valence-corrected chi connectivity index (χ0v) is 23.2. The number of nitrogens with one attached hydrogen (secondary N) is 2. The normalized spacial score (nSPS) is 13.0. The third-order valence-corrected chi connectivity index (χ3v) is 6.23. The fourth-order valence-corrected chi connectivity index (χ4v) is 4.32. The van der Waals surface area contributed by atoms with Crippen molar-refractivity contribution in [3.8, 4) is 11.1 Å². The number of carbonyl (C=O) groups excluding carboxylic acids is 2. The fraction of sp³-hybridized carbons (Fsp3) is 0.481. The first-order chi connectivity index (χ1) is 18.1. The van der Waals surface area contributed by atoms with Crippen LogP contribution in [0.1, 0.15) is 17.0 Å². The number of amides is 1. The molecule has 0 radical (unpaired) electrons. The first-order valence-corrected chi connectivity index (χ1v) is 13.8. The lowest BCUT2D eigenvalue weighted by Gasteiger charge is -2.20. The number of ether oxygens (including phenoxy) is 5.